The maximum absolute atomic E-state index is 8.76. The predicted molar refractivity (Wildman–Crippen MR) is 61.1 cm³/mol. The Balaban J connectivity index is 1.77. The number of aryl methyl sites for hydroxylation is 1. The van der Waals surface area contributed by atoms with E-state index in [0.717, 1.165) is 11.3 Å². The molecular formula is C11H16N4O2. The third-order valence-corrected chi connectivity index (χ3v) is 2.29. The topological polar surface area (TPSA) is 76.1 Å². The van der Waals surface area contributed by atoms with Crippen molar-refractivity contribution in [1.29, 1.82) is 0 Å². The maximum atomic E-state index is 8.76. The summed E-state index contributed by atoms with van der Waals surface area (Å²) in [5.41, 5.74) is 1.07. The van der Waals surface area contributed by atoms with Crippen molar-refractivity contribution in [1.82, 2.24) is 20.1 Å². The van der Waals surface area contributed by atoms with Crippen LogP contribution in [0.3, 0.4) is 0 Å². The van der Waals surface area contributed by atoms with Gasteiger partial charge in [-0.1, -0.05) is 0 Å². The Hall–Kier alpha value is -1.66. The quantitative estimate of drug-likeness (QED) is 0.762. The van der Waals surface area contributed by atoms with Gasteiger partial charge in [0, 0.05) is 18.3 Å². The van der Waals surface area contributed by atoms with Gasteiger partial charge in [0.15, 0.2) is 0 Å². The number of aliphatic hydroxyl groups is 1. The van der Waals surface area contributed by atoms with Crippen molar-refractivity contribution in [3.8, 4) is 0 Å². The van der Waals surface area contributed by atoms with Crippen molar-refractivity contribution in [2.45, 2.75) is 26.6 Å². The fourth-order valence-electron chi connectivity index (χ4n) is 1.52. The van der Waals surface area contributed by atoms with Gasteiger partial charge in [0.05, 0.1) is 32.1 Å². The minimum atomic E-state index is 0.101. The monoisotopic (exact) mass is 236 g/mol. The second-order valence-corrected chi connectivity index (χ2v) is 3.80. The molecule has 0 aromatic carbocycles. The highest BCUT2D eigenvalue weighted by Crippen LogP contribution is 2.02. The molecule has 2 aromatic heterocycles. The summed E-state index contributed by atoms with van der Waals surface area (Å²) in [6.07, 6.45) is 5.39. The summed E-state index contributed by atoms with van der Waals surface area (Å²) in [5.74, 6) is 1.50. The van der Waals surface area contributed by atoms with E-state index < -0.39 is 0 Å². The van der Waals surface area contributed by atoms with E-state index in [9.17, 15) is 0 Å². The molecular weight excluding hydrogens is 220 g/mol. The highest BCUT2D eigenvalue weighted by molar-refractivity contribution is 5.03. The Morgan fingerprint density at radius 1 is 1.41 bits per heavy atom. The zero-order chi connectivity index (χ0) is 12.1. The van der Waals surface area contributed by atoms with Crippen LogP contribution in [0.4, 0.5) is 0 Å². The van der Waals surface area contributed by atoms with Gasteiger partial charge in [-0.15, -0.1) is 0 Å². The van der Waals surface area contributed by atoms with Crippen molar-refractivity contribution in [2.24, 2.45) is 0 Å². The first-order chi connectivity index (χ1) is 8.28. The molecule has 0 aliphatic heterocycles. The van der Waals surface area contributed by atoms with Crippen molar-refractivity contribution >= 4 is 0 Å². The molecule has 92 valence electrons. The van der Waals surface area contributed by atoms with Gasteiger partial charge in [-0.25, -0.2) is 4.98 Å². The summed E-state index contributed by atoms with van der Waals surface area (Å²) in [6, 6.07) is 0. The summed E-state index contributed by atoms with van der Waals surface area (Å²) in [6.45, 7) is 3.80. The number of aromatic nitrogens is 3. The molecule has 0 amide bonds. The van der Waals surface area contributed by atoms with Crippen LogP contribution in [0.5, 0.6) is 0 Å². The third-order valence-electron chi connectivity index (χ3n) is 2.29. The Morgan fingerprint density at radius 3 is 3.00 bits per heavy atom. The van der Waals surface area contributed by atoms with E-state index in [2.05, 4.69) is 15.4 Å². The lowest BCUT2D eigenvalue weighted by Gasteiger charge is -1.99. The number of nitrogens with one attached hydrogen (secondary N) is 1. The van der Waals surface area contributed by atoms with Crippen LogP contribution >= 0.6 is 0 Å². The largest absolute Gasteiger partial charge is 0.445 e. The van der Waals surface area contributed by atoms with Gasteiger partial charge in [-0.2, -0.15) is 5.10 Å². The molecule has 2 N–H and O–H groups in total. The zero-order valence-electron chi connectivity index (χ0n) is 9.76. The van der Waals surface area contributed by atoms with E-state index in [1.807, 2.05) is 13.1 Å². The van der Waals surface area contributed by atoms with Gasteiger partial charge < -0.3 is 14.8 Å². The molecule has 6 heteroatoms. The van der Waals surface area contributed by atoms with E-state index >= 15 is 0 Å². The lowest BCUT2D eigenvalue weighted by atomic mass is 10.3. The van der Waals surface area contributed by atoms with E-state index in [1.54, 1.807) is 17.1 Å². The average Bonchev–Trinajstić information content (AvgIpc) is 2.89. The molecule has 0 radical (unpaired) electrons. The van der Waals surface area contributed by atoms with Crippen molar-refractivity contribution in [3.63, 3.8) is 0 Å². The molecule has 0 unspecified atom stereocenters. The lowest BCUT2D eigenvalue weighted by Crippen LogP contribution is -2.12. The molecule has 0 atom stereocenters. The van der Waals surface area contributed by atoms with Crippen molar-refractivity contribution < 1.29 is 9.52 Å². The molecule has 0 saturated heterocycles. The van der Waals surface area contributed by atoms with Crippen LogP contribution in [0.25, 0.3) is 0 Å². The van der Waals surface area contributed by atoms with Gasteiger partial charge in [0.25, 0.3) is 0 Å². The predicted octanol–water partition coefficient (Wildman–Crippen LogP) is 0.462. The number of oxazole rings is 1. The molecule has 0 bridgehead atoms. The Kier molecular flexibility index (Phi) is 3.89. The van der Waals surface area contributed by atoms with Crippen molar-refractivity contribution in [2.75, 3.05) is 6.61 Å². The summed E-state index contributed by atoms with van der Waals surface area (Å²) >= 11 is 0. The van der Waals surface area contributed by atoms with Crippen molar-refractivity contribution in [3.05, 3.63) is 35.8 Å². The first kappa shape index (κ1) is 11.8. The molecule has 17 heavy (non-hydrogen) atoms. The Labute approximate surface area is 99.3 Å². The van der Waals surface area contributed by atoms with Crippen LogP contribution < -0.4 is 5.32 Å². The van der Waals surface area contributed by atoms with Gasteiger partial charge in [-0.3, -0.25) is 4.68 Å². The minimum absolute atomic E-state index is 0.101. The highest BCUT2D eigenvalue weighted by Gasteiger charge is 2.01. The fourth-order valence-corrected chi connectivity index (χ4v) is 1.52. The Bertz CT molecular complexity index is 463. The summed E-state index contributed by atoms with van der Waals surface area (Å²) in [7, 11) is 0. The SMILES string of the molecule is Cc1cnc(CNCc2cnn(CCO)c2)o1. The number of nitrogens with zero attached hydrogens (tertiary/aromatic N) is 3. The van der Waals surface area contributed by atoms with Crippen LogP contribution in [-0.2, 0) is 19.6 Å². The van der Waals surface area contributed by atoms with Crippen LogP contribution in [-0.4, -0.2) is 26.5 Å². The van der Waals surface area contributed by atoms with Crippen LogP contribution in [0.1, 0.15) is 17.2 Å². The number of rotatable bonds is 6. The average molecular weight is 236 g/mol. The second kappa shape index (κ2) is 5.60. The third kappa shape index (κ3) is 3.40. The zero-order valence-corrected chi connectivity index (χ0v) is 9.76. The number of hydrogen-bond donors (Lipinski definition) is 2. The Morgan fingerprint density at radius 2 is 2.29 bits per heavy atom. The van der Waals surface area contributed by atoms with Gasteiger partial charge in [0.2, 0.25) is 5.89 Å². The fraction of sp³-hybridized carbons (Fsp3) is 0.455. The molecule has 6 nitrogen and oxygen atoms in total. The summed E-state index contributed by atoms with van der Waals surface area (Å²) < 4.78 is 7.05. The first-order valence-corrected chi connectivity index (χ1v) is 5.52. The molecule has 2 heterocycles. The molecule has 2 rings (SSSR count). The van der Waals surface area contributed by atoms with E-state index in [0.29, 0.717) is 25.5 Å². The maximum Gasteiger partial charge on any atom is 0.208 e. The van der Waals surface area contributed by atoms with Crippen LogP contribution in [0.15, 0.2) is 23.0 Å². The number of hydrogen-bond acceptors (Lipinski definition) is 5. The van der Waals surface area contributed by atoms with Crippen LogP contribution in [0.2, 0.25) is 0 Å². The number of aliphatic hydroxyl groups excluding tert-OH is 1. The standard InChI is InChI=1S/C11H16N4O2/c1-9-4-13-11(17-9)7-12-5-10-6-14-15(8-10)2-3-16/h4,6,8,12,16H,2-3,5,7H2,1H3. The molecule has 0 aliphatic carbocycles. The molecule has 0 saturated carbocycles. The molecule has 2 aromatic rings. The van der Waals surface area contributed by atoms with Crippen LogP contribution in [0, 0.1) is 6.92 Å². The molecule has 0 fully saturated rings. The van der Waals surface area contributed by atoms with Gasteiger partial charge >= 0.3 is 0 Å². The second-order valence-electron chi connectivity index (χ2n) is 3.80. The van der Waals surface area contributed by atoms with Gasteiger partial charge in [0.1, 0.15) is 5.76 Å². The summed E-state index contributed by atoms with van der Waals surface area (Å²) in [5, 5.41) is 16.1. The van der Waals surface area contributed by atoms with E-state index in [-0.39, 0.29) is 6.61 Å². The highest BCUT2D eigenvalue weighted by atomic mass is 16.4. The van der Waals surface area contributed by atoms with E-state index in [4.69, 9.17) is 9.52 Å². The molecule has 0 aliphatic rings. The molecule has 0 spiro atoms. The lowest BCUT2D eigenvalue weighted by molar-refractivity contribution is 0.269. The first-order valence-electron chi connectivity index (χ1n) is 5.52. The summed E-state index contributed by atoms with van der Waals surface area (Å²) in [4.78, 5) is 4.10. The smallest absolute Gasteiger partial charge is 0.208 e. The normalized spacial score (nSPS) is 10.9. The van der Waals surface area contributed by atoms with Gasteiger partial charge in [-0.05, 0) is 6.92 Å². The minimum Gasteiger partial charge on any atom is -0.445 e. The van der Waals surface area contributed by atoms with E-state index in [1.165, 1.54) is 0 Å².